The maximum absolute atomic E-state index is 13.1. The van der Waals surface area contributed by atoms with Gasteiger partial charge in [-0.25, -0.2) is 12.8 Å². The monoisotopic (exact) mass is 285 g/mol. The van der Waals surface area contributed by atoms with Gasteiger partial charge in [-0.1, -0.05) is 23.2 Å². The molecule has 0 aliphatic carbocycles. The minimum atomic E-state index is -3.49. The van der Waals surface area contributed by atoms with E-state index in [1.54, 1.807) is 0 Å². The van der Waals surface area contributed by atoms with Crippen LogP contribution < -0.4 is 4.72 Å². The van der Waals surface area contributed by atoms with Crippen LogP contribution in [0, 0.1) is 5.82 Å². The maximum atomic E-state index is 13.1. The van der Waals surface area contributed by atoms with Crippen LogP contribution in [0.25, 0.3) is 0 Å². The molecule has 0 aromatic heterocycles. The molecule has 0 unspecified atom stereocenters. The van der Waals surface area contributed by atoms with Crippen LogP contribution in [0.15, 0.2) is 12.1 Å². The predicted octanol–water partition coefficient (Wildman–Crippen LogP) is 3.28. The number of rotatable bonds is 3. The highest BCUT2D eigenvalue weighted by molar-refractivity contribution is 7.93. The zero-order valence-corrected chi connectivity index (χ0v) is 10.9. The third-order valence-corrected chi connectivity index (χ3v) is 4.18. The Bertz CT molecular complexity index is 479. The van der Waals surface area contributed by atoms with Crippen molar-refractivity contribution in [3.63, 3.8) is 0 Å². The number of hydrogen-bond acceptors (Lipinski definition) is 2. The van der Waals surface area contributed by atoms with E-state index in [2.05, 4.69) is 4.72 Å². The largest absolute Gasteiger partial charge is 0.283 e. The van der Waals surface area contributed by atoms with E-state index >= 15 is 0 Å². The average molecular weight is 286 g/mol. The summed E-state index contributed by atoms with van der Waals surface area (Å²) < 4.78 is 38.4. The number of halogens is 3. The Hall–Kier alpha value is -0.520. The van der Waals surface area contributed by atoms with Gasteiger partial charge in [-0.15, -0.1) is 0 Å². The van der Waals surface area contributed by atoms with Gasteiger partial charge >= 0.3 is 0 Å². The fraction of sp³-hybridized carbons (Fsp3) is 0.333. The first-order valence-electron chi connectivity index (χ1n) is 4.40. The Labute approximate surface area is 104 Å². The molecule has 0 fully saturated rings. The third-order valence-electron chi connectivity index (χ3n) is 1.86. The molecular formula is C9H10Cl2FNO2S. The molecule has 1 aromatic carbocycles. The molecule has 7 heteroatoms. The Morgan fingerprint density at radius 3 is 2.06 bits per heavy atom. The fourth-order valence-corrected chi connectivity index (χ4v) is 2.07. The summed E-state index contributed by atoms with van der Waals surface area (Å²) in [5.74, 6) is -0.768. The van der Waals surface area contributed by atoms with Crippen LogP contribution in [-0.4, -0.2) is 13.7 Å². The summed E-state index contributed by atoms with van der Waals surface area (Å²) in [6.07, 6.45) is 0. The molecule has 0 bridgehead atoms. The van der Waals surface area contributed by atoms with Gasteiger partial charge in [0, 0.05) is 0 Å². The van der Waals surface area contributed by atoms with Crippen molar-refractivity contribution in [3.8, 4) is 0 Å². The number of hydrogen-bond donors (Lipinski definition) is 1. The van der Waals surface area contributed by atoms with Crippen molar-refractivity contribution in [3.05, 3.63) is 28.0 Å². The Balaban J connectivity index is 3.09. The van der Waals surface area contributed by atoms with Crippen molar-refractivity contribution in [2.45, 2.75) is 19.1 Å². The van der Waals surface area contributed by atoms with E-state index in [1.165, 1.54) is 26.0 Å². The van der Waals surface area contributed by atoms with E-state index in [0.29, 0.717) is 0 Å². The van der Waals surface area contributed by atoms with Crippen LogP contribution in [0.1, 0.15) is 13.8 Å². The lowest BCUT2D eigenvalue weighted by molar-refractivity contribution is 0.592. The Morgan fingerprint density at radius 1 is 1.25 bits per heavy atom. The smallest absolute Gasteiger partial charge is 0.235 e. The molecule has 1 aromatic rings. The lowest BCUT2D eigenvalue weighted by atomic mass is 10.3. The minimum Gasteiger partial charge on any atom is -0.283 e. The van der Waals surface area contributed by atoms with E-state index in [1.807, 2.05) is 0 Å². The molecule has 0 saturated heterocycles. The van der Waals surface area contributed by atoms with Crippen molar-refractivity contribution in [1.82, 2.24) is 0 Å². The fourth-order valence-electron chi connectivity index (χ4n) is 0.897. The summed E-state index contributed by atoms with van der Waals surface area (Å²) in [6.45, 7) is 3.05. The molecule has 0 saturated carbocycles. The zero-order chi connectivity index (χ0) is 12.5. The van der Waals surface area contributed by atoms with Crippen molar-refractivity contribution >= 4 is 38.9 Å². The lowest BCUT2D eigenvalue weighted by Crippen LogP contribution is -2.22. The molecule has 0 heterocycles. The number of benzene rings is 1. The molecule has 16 heavy (non-hydrogen) atoms. The van der Waals surface area contributed by atoms with E-state index in [9.17, 15) is 12.8 Å². The molecule has 0 spiro atoms. The van der Waals surface area contributed by atoms with E-state index in [0.717, 1.165) is 0 Å². The Morgan fingerprint density at radius 2 is 1.69 bits per heavy atom. The summed E-state index contributed by atoms with van der Waals surface area (Å²) in [7, 11) is -3.49. The van der Waals surface area contributed by atoms with Crippen LogP contribution in [0.2, 0.25) is 10.0 Å². The van der Waals surface area contributed by atoms with Crippen LogP contribution >= 0.6 is 23.2 Å². The maximum Gasteiger partial charge on any atom is 0.235 e. The first-order valence-corrected chi connectivity index (χ1v) is 6.70. The van der Waals surface area contributed by atoms with E-state index < -0.39 is 21.1 Å². The highest BCUT2D eigenvalue weighted by Gasteiger charge is 2.17. The second-order valence-corrected chi connectivity index (χ2v) is 6.50. The molecule has 1 rings (SSSR count). The molecule has 3 nitrogen and oxygen atoms in total. The number of nitrogens with one attached hydrogen (secondary N) is 1. The van der Waals surface area contributed by atoms with Gasteiger partial charge in [0.2, 0.25) is 10.0 Å². The minimum absolute atomic E-state index is 0.144. The average Bonchev–Trinajstić information content (AvgIpc) is 2.13. The van der Waals surface area contributed by atoms with Crippen LogP contribution in [-0.2, 0) is 10.0 Å². The van der Waals surface area contributed by atoms with E-state index in [4.69, 9.17) is 23.2 Å². The Kier molecular flexibility index (Phi) is 4.04. The summed E-state index contributed by atoms with van der Waals surface area (Å²) in [5.41, 5.74) is 0.144. The molecule has 0 aliphatic rings. The van der Waals surface area contributed by atoms with E-state index in [-0.39, 0.29) is 15.7 Å². The lowest BCUT2D eigenvalue weighted by Gasteiger charge is -2.11. The van der Waals surface area contributed by atoms with Gasteiger partial charge in [0.05, 0.1) is 21.0 Å². The molecule has 90 valence electrons. The molecular weight excluding hydrogens is 276 g/mol. The normalized spacial score (nSPS) is 11.9. The van der Waals surface area contributed by atoms with Crippen LogP contribution in [0.4, 0.5) is 10.1 Å². The first-order chi connectivity index (χ1) is 7.24. The van der Waals surface area contributed by atoms with Gasteiger partial charge < -0.3 is 0 Å². The van der Waals surface area contributed by atoms with Crippen molar-refractivity contribution in [1.29, 1.82) is 0 Å². The van der Waals surface area contributed by atoms with Crippen molar-refractivity contribution in [2.24, 2.45) is 0 Å². The van der Waals surface area contributed by atoms with Gasteiger partial charge in [0.25, 0.3) is 0 Å². The van der Waals surface area contributed by atoms with Crippen molar-refractivity contribution in [2.75, 3.05) is 4.72 Å². The summed E-state index contributed by atoms with van der Waals surface area (Å²) >= 11 is 11.1. The van der Waals surface area contributed by atoms with Crippen LogP contribution in [0.5, 0.6) is 0 Å². The van der Waals surface area contributed by atoms with Gasteiger partial charge in [-0.2, -0.15) is 0 Å². The first kappa shape index (κ1) is 13.5. The number of sulfonamides is 1. The predicted molar refractivity (Wildman–Crippen MR) is 64.1 cm³/mol. The molecule has 0 amide bonds. The van der Waals surface area contributed by atoms with Crippen molar-refractivity contribution < 1.29 is 12.8 Å². The van der Waals surface area contributed by atoms with Crippen LogP contribution in [0.3, 0.4) is 0 Å². The quantitative estimate of drug-likeness (QED) is 0.867. The van der Waals surface area contributed by atoms with Gasteiger partial charge in [-0.05, 0) is 26.0 Å². The van der Waals surface area contributed by atoms with Gasteiger partial charge in [0.15, 0.2) is 5.82 Å². The molecule has 0 aliphatic heterocycles. The molecule has 1 N–H and O–H groups in total. The topological polar surface area (TPSA) is 46.2 Å². The third kappa shape index (κ3) is 2.99. The second-order valence-electron chi connectivity index (χ2n) is 3.45. The zero-order valence-electron chi connectivity index (χ0n) is 8.59. The second kappa shape index (κ2) is 4.77. The molecule has 0 atom stereocenters. The highest BCUT2D eigenvalue weighted by atomic mass is 35.5. The summed E-state index contributed by atoms with van der Waals surface area (Å²) in [6, 6.07) is 2.34. The molecule has 0 radical (unpaired) electrons. The summed E-state index contributed by atoms with van der Waals surface area (Å²) in [4.78, 5) is 0. The standard InChI is InChI=1S/C9H10Cl2FNO2S/c1-5(2)16(14,15)13-6-3-7(10)9(12)8(11)4-6/h3-5,13H,1-2H3. The number of anilines is 1. The SMILES string of the molecule is CC(C)S(=O)(=O)Nc1cc(Cl)c(F)c(Cl)c1. The van der Waals surface area contributed by atoms with Gasteiger partial charge in [-0.3, -0.25) is 4.72 Å². The summed E-state index contributed by atoms with van der Waals surface area (Å²) in [5, 5.41) is -1.06. The van der Waals surface area contributed by atoms with Gasteiger partial charge in [0.1, 0.15) is 0 Å². The highest BCUT2D eigenvalue weighted by Crippen LogP contribution is 2.28.